The first-order valence-corrected chi connectivity index (χ1v) is 8.00. The Morgan fingerprint density at radius 3 is 2.85 bits per heavy atom. The molecule has 3 nitrogen and oxygen atoms in total. The van der Waals surface area contributed by atoms with Crippen LogP contribution in [0.5, 0.6) is 0 Å². The second-order valence-electron chi connectivity index (χ2n) is 5.49. The minimum atomic E-state index is -0.0838. The van der Waals surface area contributed by atoms with Gasteiger partial charge in [-0.3, -0.25) is 4.79 Å². The molecular formula is C15H17ClN2OS. The average Bonchev–Trinajstić information content (AvgIpc) is 3.15. The number of anilines is 1. The summed E-state index contributed by atoms with van der Waals surface area (Å²) in [5, 5.41) is 4.41. The third-order valence-corrected chi connectivity index (χ3v) is 5.72. The molecule has 106 valence electrons. The van der Waals surface area contributed by atoms with E-state index in [0.29, 0.717) is 21.0 Å². The first-order chi connectivity index (χ1) is 9.56. The van der Waals surface area contributed by atoms with E-state index in [9.17, 15) is 4.79 Å². The molecule has 1 saturated carbocycles. The SMILES string of the molecule is CCC1(CNC(=O)c2sc3cccc(Cl)c3c2N)CC1. The number of thiophene rings is 1. The van der Waals surface area contributed by atoms with Gasteiger partial charge in [-0.25, -0.2) is 0 Å². The van der Waals surface area contributed by atoms with Crippen LogP contribution in [0.3, 0.4) is 0 Å². The van der Waals surface area contributed by atoms with Crippen molar-refractivity contribution in [1.82, 2.24) is 5.32 Å². The number of fused-ring (bicyclic) bond motifs is 1. The first-order valence-electron chi connectivity index (χ1n) is 6.81. The molecule has 3 rings (SSSR count). The summed E-state index contributed by atoms with van der Waals surface area (Å²) in [6.45, 7) is 2.91. The Balaban J connectivity index is 1.85. The molecule has 1 amide bonds. The zero-order valence-electron chi connectivity index (χ0n) is 11.3. The average molecular weight is 309 g/mol. The highest BCUT2D eigenvalue weighted by molar-refractivity contribution is 7.21. The van der Waals surface area contributed by atoms with Gasteiger partial charge in [-0.05, 0) is 36.8 Å². The molecular weight excluding hydrogens is 292 g/mol. The molecule has 1 aromatic heterocycles. The van der Waals surface area contributed by atoms with Crippen LogP contribution >= 0.6 is 22.9 Å². The minimum absolute atomic E-state index is 0.0838. The maximum absolute atomic E-state index is 12.3. The highest BCUT2D eigenvalue weighted by Crippen LogP contribution is 2.48. The van der Waals surface area contributed by atoms with Crippen LogP contribution in [0.2, 0.25) is 5.02 Å². The quantitative estimate of drug-likeness (QED) is 0.895. The van der Waals surface area contributed by atoms with Crippen molar-refractivity contribution in [3.05, 3.63) is 28.1 Å². The lowest BCUT2D eigenvalue weighted by Crippen LogP contribution is -2.29. The third-order valence-electron chi connectivity index (χ3n) is 4.24. The van der Waals surface area contributed by atoms with Crippen molar-refractivity contribution in [3.8, 4) is 0 Å². The van der Waals surface area contributed by atoms with Gasteiger partial charge >= 0.3 is 0 Å². The van der Waals surface area contributed by atoms with E-state index in [1.54, 1.807) is 6.07 Å². The summed E-state index contributed by atoms with van der Waals surface area (Å²) in [5.41, 5.74) is 6.92. The zero-order chi connectivity index (χ0) is 14.3. The Kier molecular flexibility index (Phi) is 3.38. The van der Waals surface area contributed by atoms with E-state index >= 15 is 0 Å². The molecule has 3 N–H and O–H groups in total. The topological polar surface area (TPSA) is 55.1 Å². The Hall–Kier alpha value is -1.26. The Morgan fingerprint density at radius 1 is 1.50 bits per heavy atom. The summed E-state index contributed by atoms with van der Waals surface area (Å²) < 4.78 is 0.955. The van der Waals surface area contributed by atoms with Crippen molar-refractivity contribution in [2.24, 2.45) is 5.41 Å². The summed E-state index contributed by atoms with van der Waals surface area (Å²) >= 11 is 7.56. The molecule has 1 fully saturated rings. The number of nitrogens with one attached hydrogen (secondary N) is 1. The van der Waals surface area contributed by atoms with E-state index in [2.05, 4.69) is 12.2 Å². The molecule has 1 heterocycles. The van der Waals surface area contributed by atoms with Crippen molar-refractivity contribution in [3.63, 3.8) is 0 Å². The number of amides is 1. The van der Waals surface area contributed by atoms with Crippen LogP contribution in [-0.4, -0.2) is 12.5 Å². The molecule has 0 spiro atoms. The second kappa shape index (κ2) is 4.93. The largest absolute Gasteiger partial charge is 0.397 e. The molecule has 1 aromatic carbocycles. The van der Waals surface area contributed by atoms with E-state index in [0.717, 1.165) is 23.1 Å². The van der Waals surface area contributed by atoms with Crippen LogP contribution in [0.1, 0.15) is 35.9 Å². The van der Waals surface area contributed by atoms with Gasteiger partial charge in [0.2, 0.25) is 0 Å². The number of hydrogen-bond donors (Lipinski definition) is 2. The van der Waals surface area contributed by atoms with Gasteiger partial charge in [-0.1, -0.05) is 24.6 Å². The summed E-state index contributed by atoms with van der Waals surface area (Å²) in [6, 6.07) is 5.61. The fraction of sp³-hybridized carbons (Fsp3) is 0.400. The van der Waals surface area contributed by atoms with Gasteiger partial charge in [-0.15, -0.1) is 11.3 Å². The van der Waals surface area contributed by atoms with Gasteiger partial charge in [0.25, 0.3) is 5.91 Å². The molecule has 0 saturated heterocycles. The maximum Gasteiger partial charge on any atom is 0.263 e. The van der Waals surface area contributed by atoms with E-state index in [1.165, 1.54) is 24.2 Å². The molecule has 0 atom stereocenters. The predicted octanol–water partition coefficient (Wildman–Crippen LogP) is 4.06. The zero-order valence-corrected chi connectivity index (χ0v) is 12.9. The van der Waals surface area contributed by atoms with Crippen LogP contribution in [0.15, 0.2) is 18.2 Å². The van der Waals surface area contributed by atoms with Crippen molar-refractivity contribution >= 4 is 44.6 Å². The molecule has 0 radical (unpaired) electrons. The molecule has 1 aliphatic rings. The molecule has 20 heavy (non-hydrogen) atoms. The van der Waals surface area contributed by atoms with Crippen molar-refractivity contribution < 1.29 is 4.79 Å². The summed E-state index contributed by atoms with van der Waals surface area (Å²) in [7, 11) is 0. The minimum Gasteiger partial charge on any atom is -0.397 e. The van der Waals surface area contributed by atoms with Crippen molar-refractivity contribution in [2.45, 2.75) is 26.2 Å². The maximum atomic E-state index is 12.3. The smallest absolute Gasteiger partial charge is 0.263 e. The fourth-order valence-corrected chi connectivity index (χ4v) is 3.88. The fourth-order valence-electron chi connectivity index (χ4n) is 2.48. The van der Waals surface area contributed by atoms with Crippen LogP contribution in [-0.2, 0) is 0 Å². The number of nitrogens with two attached hydrogens (primary N) is 1. The van der Waals surface area contributed by atoms with Gasteiger partial charge < -0.3 is 11.1 Å². The van der Waals surface area contributed by atoms with E-state index in [1.807, 2.05) is 12.1 Å². The highest BCUT2D eigenvalue weighted by atomic mass is 35.5. The molecule has 5 heteroatoms. The lowest BCUT2D eigenvalue weighted by molar-refractivity contribution is 0.0949. The number of hydrogen-bond acceptors (Lipinski definition) is 3. The summed E-state index contributed by atoms with van der Waals surface area (Å²) in [4.78, 5) is 12.9. The van der Waals surface area contributed by atoms with Gasteiger partial charge in [0.05, 0.1) is 10.7 Å². The first kappa shape index (κ1) is 13.7. The Morgan fingerprint density at radius 2 is 2.25 bits per heavy atom. The van der Waals surface area contributed by atoms with Crippen LogP contribution in [0.4, 0.5) is 5.69 Å². The summed E-state index contributed by atoms with van der Waals surface area (Å²) in [6.07, 6.45) is 3.52. The van der Waals surface area contributed by atoms with Crippen LogP contribution in [0, 0.1) is 5.41 Å². The van der Waals surface area contributed by atoms with Gasteiger partial charge in [0, 0.05) is 16.6 Å². The van der Waals surface area contributed by atoms with E-state index < -0.39 is 0 Å². The number of carbonyl (C=O) groups is 1. The number of nitrogen functional groups attached to an aromatic ring is 1. The van der Waals surface area contributed by atoms with Crippen molar-refractivity contribution in [2.75, 3.05) is 12.3 Å². The molecule has 2 aromatic rings. The third kappa shape index (κ3) is 2.27. The highest BCUT2D eigenvalue weighted by Gasteiger charge is 2.40. The molecule has 1 aliphatic carbocycles. The lowest BCUT2D eigenvalue weighted by atomic mass is 10.0. The Labute approximate surface area is 127 Å². The van der Waals surface area contributed by atoms with Crippen molar-refractivity contribution in [1.29, 1.82) is 0 Å². The standard InChI is InChI=1S/C15H17ClN2OS/c1-2-15(6-7-15)8-18-14(19)13-12(17)11-9(16)4-3-5-10(11)20-13/h3-5H,2,6-8,17H2,1H3,(H,18,19). The lowest BCUT2D eigenvalue weighted by Gasteiger charge is -2.12. The molecule has 0 bridgehead atoms. The van der Waals surface area contributed by atoms with Gasteiger partial charge in [0.1, 0.15) is 4.88 Å². The number of halogens is 1. The second-order valence-corrected chi connectivity index (χ2v) is 6.95. The molecule has 0 unspecified atom stereocenters. The van der Waals surface area contributed by atoms with E-state index in [4.69, 9.17) is 17.3 Å². The monoisotopic (exact) mass is 308 g/mol. The summed E-state index contributed by atoms with van der Waals surface area (Å²) in [5.74, 6) is -0.0838. The normalized spacial score (nSPS) is 16.3. The molecule has 0 aliphatic heterocycles. The van der Waals surface area contributed by atoms with Crippen LogP contribution < -0.4 is 11.1 Å². The number of rotatable bonds is 4. The Bertz CT molecular complexity index is 676. The number of benzene rings is 1. The number of carbonyl (C=O) groups excluding carboxylic acids is 1. The van der Waals surface area contributed by atoms with Gasteiger partial charge in [0.15, 0.2) is 0 Å². The van der Waals surface area contributed by atoms with Gasteiger partial charge in [-0.2, -0.15) is 0 Å². The van der Waals surface area contributed by atoms with Crippen LogP contribution in [0.25, 0.3) is 10.1 Å². The van der Waals surface area contributed by atoms with E-state index in [-0.39, 0.29) is 5.91 Å². The predicted molar refractivity (Wildman–Crippen MR) is 85.5 cm³/mol.